The van der Waals surface area contributed by atoms with Gasteiger partial charge >= 0.3 is 0 Å². The number of aliphatic hydroxyl groups is 2. The van der Waals surface area contributed by atoms with Crippen LogP contribution in [-0.4, -0.2) is 51.6 Å². The van der Waals surface area contributed by atoms with Gasteiger partial charge in [-0.1, -0.05) is 31.8 Å². The Morgan fingerprint density at radius 3 is 2.57 bits per heavy atom. The van der Waals surface area contributed by atoms with Gasteiger partial charge in [-0.25, -0.2) is 0 Å². The maximum atomic E-state index is 12.2. The monoisotopic (exact) mass is 388 g/mol. The van der Waals surface area contributed by atoms with E-state index in [2.05, 4.69) is 6.08 Å². The summed E-state index contributed by atoms with van der Waals surface area (Å²) in [7, 11) is 0. The fourth-order valence-electron chi connectivity index (χ4n) is 9.79. The zero-order valence-electron chi connectivity index (χ0n) is 16.9. The van der Waals surface area contributed by atoms with Crippen LogP contribution in [0.4, 0.5) is 0 Å². The molecular weight excluding hydrogens is 356 g/mol. The molecule has 8 atom stereocenters. The molecule has 3 spiro atoms. The first-order chi connectivity index (χ1) is 13.4. The van der Waals surface area contributed by atoms with Gasteiger partial charge < -0.3 is 24.4 Å². The van der Waals surface area contributed by atoms with E-state index in [0.717, 1.165) is 32.1 Å². The third-order valence-electron chi connectivity index (χ3n) is 10.0. The van der Waals surface area contributed by atoms with E-state index in [-0.39, 0.29) is 29.8 Å². The number of aliphatic hydroxyl groups excluding tert-OH is 1. The number of hydrogen-bond donors (Lipinski definition) is 2. The molecule has 2 saturated heterocycles. The first-order valence-corrected chi connectivity index (χ1v) is 11.5. The third kappa shape index (κ3) is 1.41. The average Bonchev–Trinajstić information content (AvgIpc) is 3.05. The van der Waals surface area contributed by atoms with Crippen molar-refractivity contribution >= 4 is 0 Å². The Kier molecular flexibility index (Phi) is 2.91. The third-order valence-corrected chi connectivity index (χ3v) is 10.0. The molecule has 7 aliphatic rings. The van der Waals surface area contributed by atoms with Crippen molar-refractivity contribution in [1.29, 1.82) is 0 Å². The van der Waals surface area contributed by atoms with Crippen LogP contribution in [0.1, 0.15) is 65.2 Å². The summed E-state index contributed by atoms with van der Waals surface area (Å²) in [6, 6.07) is 0. The molecule has 0 radical (unpaired) electrons. The molecule has 0 aromatic heterocycles. The molecule has 6 fully saturated rings. The number of hydrogen-bond acceptors (Lipinski definition) is 5. The Morgan fingerprint density at radius 1 is 1.04 bits per heavy atom. The summed E-state index contributed by atoms with van der Waals surface area (Å²) < 4.78 is 19.9. The van der Waals surface area contributed by atoms with Gasteiger partial charge in [-0.15, -0.1) is 0 Å². The van der Waals surface area contributed by atoms with Crippen LogP contribution in [-0.2, 0) is 14.2 Å². The highest BCUT2D eigenvalue weighted by Crippen LogP contribution is 2.88. The van der Waals surface area contributed by atoms with E-state index >= 15 is 0 Å². The van der Waals surface area contributed by atoms with Crippen LogP contribution in [0.3, 0.4) is 0 Å². The highest BCUT2D eigenvalue weighted by molar-refractivity contribution is 5.53. The highest BCUT2D eigenvalue weighted by Gasteiger charge is 2.97. The van der Waals surface area contributed by atoms with Gasteiger partial charge in [0.25, 0.3) is 0 Å². The topological polar surface area (TPSA) is 68.2 Å². The largest absolute Gasteiger partial charge is 0.392 e. The summed E-state index contributed by atoms with van der Waals surface area (Å²) in [5, 5.41) is 22.5. The summed E-state index contributed by atoms with van der Waals surface area (Å²) in [6.07, 6.45) is 11.0. The normalized spacial score (nSPS) is 58.9. The molecule has 2 heterocycles. The predicted octanol–water partition coefficient (Wildman–Crippen LogP) is 2.69. The minimum absolute atomic E-state index is 0.00464. The number of fused-ring (bicyclic) bond motifs is 3. The molecule has 2 N–H and O–H groups in total. The lowest BCUT2D eigenvalue weighted by Gasteiger charge is -2.83. The lowest BCUT2D eigenvalue weighted by Crippen LogP contribution is -2.95. The van der Waals surface area contributed by atoms with Crippen molar-refractivity contribution in [2.45, 2.75) is 100 Å². The van der Waals surface area contributed by atoms with Crippen molar-refractivity contribution < 1.29 is 24.4 Å². The van der Waals surface area contributed by atoms with Crippen LogP contribution >= 0.6 is 0 Å². The van der Waals surface area contributed by atoms with Crippen LogP contribution in [0.5, 0.6) is 0 Å². The maximum Gasteiger partial charge on any atom is 0.164 e. The van der Waals surface area contributed by atoms with E-state index in [9.17, 15) is 10.2 Å². The second-order valence-corrected chi connectivity index (χ2v) is 11.1. The van der Waals surface area contributed by atoms with Crippen molar-refractivity contribution in [1.82, 2.24) is 0 Å². The summed E-state index contributed by atoms with van der Waals surface area (Å²) in [5.74, 6) is 0.525. The second-order valence-electron chi connectivity index (χ2n) is 11.1. The van der Waals surface area contributed by atoms with Gasteiger partial charge in [0.15, 0.2) is 5.79 Å². The molecule has 0 aromatic rings. The van der Waals surface area contributed by atoms with Gasteiger partial charge in [-0.05, 0) is 56.9 Å². The van der Waals surface area contributed by atoms with Gasteiger partial charge in [0.1, 0.15) is 17.3 Å². The van der Waals surface area contributed by atoms with Crippen molar-refractivity contribution in [3.8, 4) is 0 Å². The molecule has 0 amide bonds. The molecule has 0 aromatic carbocycles. The highest BCUT2D eigenvalue weighted by atomic mass is 16.8. The van der Waals surface area contributed by atoms with Crippen molar-refractivity contribution in [2.75, 3.05) is 6.61 Å². The molecule has 4 saturated carbocycles. The Labute approximate surface area is 166 Å². The Morgan fingerprint density at radius 2 is 1.82 bits per heavy atom. The van der Waals surface area contributed by atoms with Crippen LogP contribution in [0.15, 0.2) is 11.6 Å². The smallest absolute Gasteiger partial charge is 0.164 e. The van der Waals surface area contributed by atoms with Crippen LogP contribution in [0.25, 0.3) is 0 Å². The zero-order valence-corrected chi connectivity index (χ0v) is 16.9. The summed E-state index contributed by atoms with van der Waals surface area (Å²) >= 11 is 0. The van der Waals surface area contributed by atoms with Crippen LogP contribution in [0.2, 0.25) is 0 Å². The molecule has 5 nitrogen and oxygen atoms in total. The van der Waals surface area contributed by atoms with Crippen molar-refractivity contribution in [3.63, 3.8) is 0 Å². The molecular formula is C23H32O5. The van der Waals surface area contributed by atoms with E-state index in [1.165, 1.54) is 19.3 Å². The van der Waals surface area contributed by atoms with Crippen LogP contribution < -0.4 is 0 Å². The molecule has 28 heavy (non-hydrogen) atoms. The van der Waals surface area contributed by atoms with Gasteiger partial charge in [-0.3, -0.25) is 0 Å². The zero-order chi connectivity index (χ0) is 19.2. The van der Waals surface area contributed by atoms with E-state index in [1.807, 2.05) is 13.8 Å². The fraction of sp³-hybridized carbons (Fsp3) is 0.913. The van der Waals surface area contributed by atoms with E-state index < -0.39 is 17.0 Å². The Balaban J connectivity index is 1.44. The Hall–Kier alpha value is -0.460. The minimum atomic E-state index is -1.11. The number of rotatable bonds is 1. The minimum Gasteiger partial charge on any atom is -0.392 e. The molecule has 0 unspecified atom stereocenters. The van der Waals surface area contributed by atoms with Gasteiger partial charge in [0, 0.05) is 11.3 Å². The lowest BCUT2D eigenvalue weighted by molar-refractivity contribution is -0.421. The summed E-state index contributed by atoms with van der Waals surface area (Å²) in [6.45, 7) is 3.81. The fourth-order valence-corrected chi connectivity index (χ4v) is 9.79. The predicted molar refractivity (Wildman–Crippen MR) is 100 cm³/mol. The molecule has 5 heteroatoms. The first-order valence-electron chi connectivity index (χ1n) is 11.5. The summed E-state index contributed by atoms with van der Waals surface area (Å²) in [4.78, 5) is 0. The van der Waals surface area contributed by atoms with Gasteiger partial charge in [0.05, 0.1) is 18.3 Å². The molecule has 7 rings (SSSR count). The van der Waals surface area contributed by atoms with Crippen molar-refractivity contribution in [3.05, 3.63) is 11.6 Å². The maximum absolute atomic E-state index is 12.2. The first kappa shape index (κ1) is 17.2. The van der Waals surface area contributed by atoms with E-state index in [0.29, 0.717) is 23.3 Å². The Bertz CT molecular complexity index is 784. The average molecular weight is 389 g/mol. The van der Waals surface area contributed by atoms with Gasteiger partial charge in [-0.2, -0.15) is 0 Å². The van der Waals surface area contributed by atoms with Gasteiger partial charge in [0.2, 0.25) is 0 Å². The molecule has 2 aliphatic heterocycles. The van der Waals surface area contributed by atoms with E-state index in [4.69, 9.17) is 14.2 Å². The quantitative estimate of drug-likeness (QED) is 0.676. The SMILES string of the molecule is CC1(C)O[C@@H]2[C@]3(CCC[C@@H]4[C@@H]5[C@H]6[C@H](C=C(CO)[C@]2(O)[C@]643)OC52CCCCC2)O1. The molecule has 5 aliphatic carbocycles. The second kappa shape index (κ2) is 4.72. The van der Waals surface area contributed by atoms with Crippen molar-refractivity contribution in [2.24, 2.45) is 23.2 Å². The molecule has 154 valence electrons. The standard InChI is InChI=1S/C23H32O5/c1-19(2)27-18-21(28-19)10-6-7-14-16-17-15(26-20(16)8-4-3-5-9-20)11-13(12-24)23(18,25)22(14,17)21/h11,14-18,24-25H,3-10,12H2,1-2H3/t14-,15+,16-,17-,18-,21+,22+,23-/m1/s1. The van der Waals surface area contributed by atoms with E-state index in [1.54, 1.807) is 0 Å². The lowest BCUT2D eigenvalue weighted by atomic mass is 9.21. The van der Waals surface area contributed by atoms with Crippen LogP contribution in [0, 0.1) is 23.2 Å². The number of ether oxygens (including phenoxy) is 3. The summed E-state index contributed by atoms with van der Waals surface area (Å²) in [5.41, 5.74) is -1.19. The molecule has 0 bridgehead atoms.